The van der Waals surface area contributed by atoms with E-state index in [1.54, 1.807) is 24.2 Å². The van der Waals surface area contributed by atoms with Crippen molar-refractivity contribution in [3.05, 3.63) is 12.4 Å². The number of thioether (sulfide) groups is 1. The molecule has 0 bridgehead atoms. The molecule has 0 aliphatic carbocycles. The van der Waals surface area contributed by atoms with Crippen molar-refractivity contribution in [2.45, 2.75) is 5.03 Å². The number of anilines is 1. The average Bonchev–Trinajstić information content (AvgIpc) is 2.33. The first-order valence-corrected chi connectivity index (χ1v) is 6.34. The number of nitrogens with two attached hydrogens (primary N) is 1. The highest BCUT2D eigenvalue weighted by Crippen LogP contribution is 2.19. The van der Waals surface area contributed by atoms with Crippen LogP contribution in [-0.4, -0.2) is 53.5 Å². The van der Waals surface area contributed by atoms with Gasteiger partial charge in [-0.05, 0) is 0 Å². The minimum absolute atomic E-state index is 0.523. The Bertz CT molecular complexity index is 330. The largest absolute Gasteiger partial charge is 0.381 e. The van der Waals surface area contributed by atoms with Crippen LogP contribution in [-0.2, 0) is 4.74 Å². The lowest BCUT2D eigenvalue weighted by Gasteiger charge is -2.26. The highest BCUT2D eigenvalue weighted by Gasteiger charge is 2.10. The summed E-state index contributed by atoms with van der Waals surface area (Å²) in [6.07, 6.45) is 3.29. The number of hydrogen-bond acceptors (Lipinski definition) is 6. The molecule has 16 heavy (non-hydrogen) atoms. The van der Waals surface area contributed by atoms with Gasteiger partial charge in [0, 0.05) is 37.8 Å². The van der Waals surface area contributed by atoms with E-state index in [0.29, 0.717) is 5.82 Å². The van der Waals surface area contributed by atoms with Crippen LogP contribution >= 0.6 is 11.8 Å². The Morgan fingerprint density at radius 2 is 2.06 bits per heavy atom. The van der Waals surface area contributed by atoms with Crippen molar-refractivity contribution in [2.75, 3.05) is 44.3 Å². The van der Waals surface area contributed by atoms with Crippen LogP contribution in [0.2, 0.25) is 0 Å². The van der Waals surface area contributed by atoms with Crippen LogP contribution in [0.15, 0.2) is 17.4 Å². The van der Waals surface area contributed by atoms with Crippen molar-refractivity contribution in [1.82, 2.24) is 14.9 Å². The summed E-state index contributed by atoms with van der Waals surface area (Å²) in [5.41, 5.74) is 5.71. The Labute approximate surface area is 99.4 Å². The Hall–Kier alpha value is -0.850. The topological polar surface area (TPSA) is 64.3 Å². The monoisotopic (exact) mass is 240 g/mol. The van der Waals surface area contributed by atoms with Gasteiger partial charge in [-0.1, -0.05) is 0 Å². The van der Waals surface area contributed by atoms with Crippen molar-refractivity contribution in [2.24, 2.45) is 0 Å². The molecule has 6 heteroatoms. The fourth-order valence-corrected chi connectivity index (χ4v) is 2.42. The Kier molecular flexibility index (Phi) is 4.38. The van der Waals surface area contributed by atoms with Crippen LogP contribution in [0, 0.1) is 0 Å². The summed E-state index contributed by atoms with van der Waals surface area (Å²) in [7, 11) is 0. The summed E-state index contributed by atoms with van der Waals surface area (Å²) >= 11 is 1.66. The summed E-state index contributed by atoms with van der Waals surface area (Å²) in [5, 5.41) is 0.829. The molecular weight excluding hydrogens is 224 g/mol. The summed E-state index contributed by atoms with van der Waals surface area (Å²) in [4.78, 5) is 10.6. The fraction of sp³-hybridized carbons (Fsp3) is 0.600. The number of hydrogen-bond donors (Lipinski definition) is 1. The standard InChI is InChI=1S/C10H16N4OS/c11-9-10(13-2-1-12-9)16-8-5-14-3-6-15-7-4-14/h1-2H,3-8H2,(H2,11,12). The zero-order valence-electron chi connectivity index (χ0n) is 9.13. The van der Waals surface area contributed by atoms with Gasteiger partial charge in [0.05, 0.1) is 13.2 Å². The molecule has 1 aromatic heterocycles. The summed E-state index contributed by atoms with van der Waals surface area (Å²) in [5.74, 6) is 1.51. The fourth-order valence-electron chi connectivity index (χ4n) is 1.54. The number of nitrogen functional groups attached to an aromatic ring is 1. The highest BCUT2D eigenvalue weighted by atomic mass is 32.2. The smallest absolute Gasteiger partial charge is 0.156 e. The third-order valence-electron chi connectivity index (χ3n) is 2.44. The van der Waals surface area contributed by atoms with E-state index >= 15 is 0 Å². The molecule has 1 aliphatic heterocycles. The number of morpholine rings is 1. The summed E-state index contributed by atoms with van der Waals surface area (Å²) in [6, 6.07) is 0. The Morgan fingerprint density at radius 3 is 2.81 bits per heavy atom. The molecule has 2 heterocycles. The SMILES string of the molecule is Nc1nccnc1SCCN1CCOCC1. The molecule has 0 atom stereocenters. The average molecular weight is 240 g/mol. The van der Waals surface area contributed by atoms with Gasteiger partial charge >= 0.3 is 0 Å². The molecule has 5 nitrogen and oxygen atoms in total. The first-order chi connectivity index (χ1) is 7.86. The first kappa shape index (κ1) is 11.6. The molecule has 1 saturated heterocycles. The van der Waals surface area contributed by atoms with Crippen molar-refractivity contribution in [1.29, 1.82) is 0 Å². The zero-order valence-corrected chi connectivity index (χ0v) is 9.95. The second kappa shape index (κ2) is 6.03. The van der Waals surface area contributed by atoms with Crippen LogP contribution in [0.3, 0.4) is 0 Å². The second-order valence-corrected chi connectivity index (χ2v) is 4.63. The molecule has 0 amide bonds. The van der Waals surface area contributed by atoms with Gasteiger partial charge in [-0.25, -0.2) is 9.97 Å². The van der Waals surface area contributed by atoms with E-state index in [1.807, 2.05) is 0 Å². The third-order valence-corrected chi connectivity index (χ3v) is 3.42. The van der Waals surface area contributed by atoms with Gasteiger partial charge in [0.15, 0.2) is 5.82 Å². The zero-order chi connectivity index (χ0) is 11.2. The molecule has 0 saturated carbocycles. The maximum absolute atomic E-state index is 5.71. The van der Waals surface area contributed by atoms with E-state index < -0.39 is 0 Å². The molecule has 0 spiro atoms. The van der Waals surface area contributed by atoms with Crippen LogP contribution in [0.5, 0.6) is 0 Å². The maximum Gasteiger partial charge on any atom is 0.156 e. The highest BCUT2D eigenvalue weighted by molar-refractivity contribution is 7.99. The van der Waals surface area contributed by atoms with Crippen LogP contribution in [0.4, 0.5) is 5.82 Å². The van der Waals surface area contributed by atoms with Crippen LogP contribution in [0.25, 0.3) is 0 Å². The van der Waals surface area contributed by atoms with Crippen molar-refractivity contribution < 1.29 is 4.74 Å². The maximum atomic E-state index is 5.71. The lowest BCUT2D eigenvalue weighted by molar-refractivity contribution is 0.0410. The van der Waals surface area contributed by atoms with E-state index in [4.69, 9.17) is 10.5 Å². The molecule has 2 N–H and O–H groups in total. The molecule has 0 aromatic carbocycles. The van der Waals surface area contributed by atoms with Crippen molar-refractivity contribution >= 4 is 17.6 Å². The second-order valence-electron chi connectivity index (χ2n) is 3.55. The van der Waals surface area contributed by atoms with E-state index in [1.165, 1.54) is 0 Å². The minimum atomic E-state index is 0.523. The molecule has 1 aliphatic rings. The molecule has 2 rings (SSSR count). The predicted octanol–water partition coefficient (Wildman–Crippen LogP) is 0.483. The number of ether oxygens (including phenoxy) is 1. The molecule has 0 unspecified atom stereocenters. The normalized spacial score (nSPS) is 17.5. The molecule has 0 radical (unpaired) electrons. The van der Waals surface area contributed by atoms with Gasteiger partial charge in [-0.2, -0.15) is 0 Å². The predicted molar refractivity (Wildman–Crippen MR) is 64.4 cm³/mol. The van der Waals surface area contributed by atoms with Crippen LogP contribution < -0.4 is 5.73 Å². The molecular formula is C10H16N4OS. The Balaban J connectivity index is 1.73. The van der Waals surface area contributed by atoms with Crippen molar-refractivity contribution in [3.8, 4) is 0 Å². The lowest BCUT2D eigenvalue weighted by atomic mass is 10.4. The van der Waals surface area contributed by atoms with Gasteiger partial charge < -0.3 is 10.5 Å². The molecule has 1 fully saturated rings. The van der Waals surface area contributed by atoms with Crippen LogP contribution in [0.1, 0.15) is 0 Å². The van der Waals surface area contributed by atoms with E-state index in [2.05, 4.69) is 14.9 Å². The Morgan fingerprint density at radius 1 is 1.31 bits per heavy atom. The van der Waals surface area contributed by atoms with Gasteiger partial charge in [-0.15, -0.1) is 11.8 Å². The molecule has 1 aromatic rings. The van der Waals surface area contributed by atoms with E-state index in [9.17, 15) is 0 Å². The van der Waals surface area contributed by atoms with Crippen molar-refractivity contribution in [3.63, 3.8) is 0 Å². The van der Waals surface area contributed by atoms with Gasteiger partial charge in [0.2, 0.25) is 0 Å². The third kappa shape index (κ3) is 3.33. The minimum Gasteiger partial charge on any atom is -0.381 e. The van der Waals surface area contributed by atoms with Gasteiger partial charge in [-0.3, -0.25) is 4.90 Å². The van der Waals surface area contributed by atoms with E-state index in [0.717, 1.165) is 43.6 Å². The quantitative estimate of drug-likeness (QED) is 0.772. The van der Waals surface area contributed by atoms with Gasteiger partial charge in [0.1, 0.15) is 5.03 Å². The number of aromatic nitrogens is 2. The van der Waals surface area contributed by atoms with E-state index in [-0.39, 0.29) is 0 Å². The molecule has 88 valence electrons. The lowest BCUT2D eigenvalue weighted by Crippen LogP contribution is -2.37. The first-order valence-electron chi connectivity index (χ1n) is 5.35. The number of nitrogens with zero attached hydrogens (tertiary/aromatic N) is 3. The summed E-state index contributed by atoms with van der Waals surface area (Å²) < 4.78 is 5.29. The van der Waals surface area contributed by atoms with Gasteiger partial charge in [0.25, 0.3) is 0 Å². The summed E-state index contributed by atoms with van der Waals surface area (Å²) in [6.45, 7) is 4.78. The number of rotatable bonds is 4.